The van der Waals surface area contributed by atoms with Crippen LogP contribution in [0.25, 0.3) is 0 Å². The second-order valence-corrected chi connectivity index (χ2v) is 6.06. The van der Waals surface area contributed by atoms with Crippen LogP contribution in [0.5, 0.6) is 0 Å². The van der Waals surface area contributed by atoms with E-state index >= 15 is 0 Å². The Labute approximate surface area is 95.6 Å². The smallest absolute Gasteiger partial charge is 0.327 e. The zero-order valence-corrected chi connectivity index (χ0v) is 10.3. The first kappa shape index (κ1) is 13.8. The molecule has 1 rings (SSSR count). The summed E-state index contributed by atoms with van der Waals surface area (Å²) in [5.41, 5.74) is 5.95. The topological polar surface area (TPSA) is 26.0 Å². The van der Waals surface area contributed by atoms with Crippen LogP contribution in [0.3, 0.4) is 0 Å². The van der Waals surface area contributed by atoms with Gasteiger partial charge in [0.05, 0.1) is 5.92 Å². The van der Waals surface area contributed by atoms with Gasteiger partial charge < -0.3 is 5.73 Å². The van der Waals surface area contributed by atoms with Crippen LogP contribution in [0.15, 0.2) is 0 Å². The van der Waals surface area contributed by atoms with E-state index in [4.69, 9.17) is 5.73 Å². The highest BCUT2D eigenvalue weighted by Gasteiger charge is 2.44. The molecule has 16 heavy (non-hydrogen) atoms. The highest BCUT2D eigenvalue weighted by atomic mass is 19.4. The normalized spacial score (nSPS) is 30.2. The van der Waals surface area contributed by atoms with Gasteiger partial charge in [0.15, 0.2) is 0 Å². The van der Waals surface area contributed by atoms with Crippen molar-refractivity contribution < 1.29 is 13.2 Å². The SMILES string of the molecule is CC(C)(C)C(N)C1CCCC(C(F)(F)F)C1. The third-order valence-corrected chi connectivity index (χ3v) is 3.69. The minimum Gasteiger partial charge on any atom is -0.327 e. The van der Waals surface area contributed by atoms with Gasteiger partial charge in [-0.3, -0.25) is 0 Å². The van der Waals surface area contributed by atoms with Crippen molar-refractivity contribution in [2.24, 2.45) is 23.0 Å². The Morgan fingerprint density at radius 1 is 1.12 bits per heavy atom. The molecule has 0 aliphatic heterocycles. The van der Waals surface area contributed by atoms with Crippen LogP contribution in [0.1, 0.15) is 46.5 Å². The zero-order chi connectivity index (χ0) is 12.6. The highest BCUT2D eigenvalue weighted by molar-refractivity contribution is 4.88. The summed E-state index contributed by atoms with van der Waals surface area (Å²) in [5.74, 6) is -1.12. The average Bonchev–Trinajstić information content (AvgIpc) is 2.14. The fourth-order valence-electron chi connectivity index (χ4n) is 2.56. The molecule has 0 aromatic rings. The van der Waals surface area contributed by atoms with Crippen LogP contribution >= 0.6 is 0 Å². The lowest BCUT2D eigenvalue weighted by Crippen LogP contribution is -2.45. The molecule has 4 heteroatoms. The molecular weight excluding hydrogens is 215 g/mol. The van der Waals surface area contributed by atoms with E-state index in [0.29, 0.717) is 6.42 Å². The van der Waals surface area contributed by atoms with E-state index in [0.717, 1.165) is 6.42 Å². The molecular formula is C12H22F3N. The fourth-order valence-corrected chi connectivity index (χ4v) is 2.56. The van der Waals surface area contributed by atoms with Gasteiger partial charge in [0.2, 0.25) is 0 Å². The predicted octanol–water partition coefficient (Wildman–Crippen LogP) is 3.73. The molecule has 1 fully saturated rings. The van der Waals surface area contributed by atoms with Gasteiger partial charge in [-0.1, -0.05) is 27.2 Å². The number of alkyl halides is 3. The molecule has 0 heterocycles. The second-order valence-electron chi connectivity index (χ2n) is 6.06. The van der Waals surface area contributed by atoms with E-state index in [9.17, 15) is 13.2 Å². The standard InChI is InChI=1S/C12H22F3N/c1-11(2,3)10(16)8-5-4-6-9(7-8)12(13,14)15/h8-10H,4-7,16H2,1-3H3. The Bertz CT molecular complexity index is 217. The molecule has 2 N–H and O–H groups in total. The summed E-state index contributed by atoms with van der Waals surface area (Å²) in [6.07, 6.45) is -2.07. The molecule has 0 radical (unpaired) electrons. The molecule has 0 bridgehead atoms. The first-order valence-corrected chi connectivity index (χ1v) is 5.94. The Morgan fingerprint density at radius 2 is 1.69 bits per heavy atom. The van der Waals surface area contributed by atoms with E-state index < -0.39 is 12.1 Å². The fraction of sp³-hybridized carbons (Fsp3) is 1.00. The van der Waals surface area contributed by atoms with Crippen molar-refractivity contribution >= 4 is 0 Å². The van der Waals surface area contributed by atoms with Gasteiger partial charge in [0.25, 0.3) is 0 Å². The number of hydrogen-bond donors (Lipinski definition) is 1. The maximum Gasteiger partial charge on any atom is 0.391 e. The highest BCUT2D eigenvalue weighted by Crippen LogP contribution is 2.42. The molecule has 96 valence electrons. The van der Waals surface area contributed by atoms with Gasteiger partial charge >= 0.3 is 6.18 Å². The monoisotopic (exact) mass is 237 g/mol. The van der Waals surface area contributed by atoms with E-state index in [1.807, 2.05) is 20.8 Å². The van der Waals surface area contributed by atoms with Crippen molar-refractivity contribution in [3.05, 3.63) is 0 Å². The molecule has 0 aromatic heterocycles. The van der Waals surface area contributed by atoms with Gasteiger partial charge in [0, 0.05) is 6.04 Å². The Morgan fingerprint density at radius 3 is 2.12 bits per heavy atom. The second kappa shape index (κ2) is 4.55. The first-order chi connectivity index (χ1) is 7.12. The lowest BCUT2D eigenvalue weighted by Gasteiger charge is -2.39. The number of halogens is 3. The third-order valence-electron chi connectivity index (χ3n) is 3.69. The minimum atomic E-state index is -4.05. The Kier molecular flexibility index (Phi) is 3.93. The molecule has 3 atom stereocenters. The molecule has 0 amide bonds. The molecule has 1 saturated carbocycles. The lowest BCUT2D eigenvalue weighted by molar-refractivity contribution is -0.187. The van der Waals surface area contributed by atoms with Crippen LogP contribution in [0.4, 0.5) is 13.2 Å². The summed E-state index contributed by atoms with van der Waals surface area (Å²) in [7, 11) is 0. The first-order valence-electron chi connectivity index (χ1n) is 5.94. The van der Waals surface area contributed by atoms with Crippen LogP contribution < -0.4 is 5.73 Å². The molecule has 0 spiro atoms. The summed E-state index contributed by atoms with van der Waals surface area (Å²) < 4.78 is 37.9. The quantitative estimate of drug-likeness (QED) is 0.739. The maximum absolute atomic E-state index is 12.6. The zero-order valence-electron chi connectivity index (χ0n) is 10.3. The summed E-state index contributed by atoms with van der Waals surface area (Å²) >= 11 is 0. The number of rotatable bonds is 1. The van der Waals surface area contributed by atoms with Gasteiger partial charge in [-0.25, -0.2) is 0 Å². The van der Waals surface area contributed by atoms with Gasteiger partial charge in [-0.2, -0.15) is 13.2 Å². The van der Waals surface area contributed by atoms with Crippen molar-refractivity contribution in [2.75, 3.05) is 0 Å². The largest absolute Gasteiger partial charge is 0.391 e. The van der Waals surface area contributed by atoms with E-state index in [2.05, 4.69) is 0 Å². The van der Waals surface area contributed by atoms with Crippen LogP contribution in [0.2, 0.25) is 0 Å². The van der Waals surface area contributed by atoms with Crippen molar-refractivity contribution in [3.8, 4) is 0 Å². The van der Waals surface area contributed by atoms with Crippen LogP contribution in [-0.4, -0.2) is 12.2 Å². The van der Waals surface area contributed by atoms with E-state index in [-0.39, 0.29) is 30.2 Å². The summed E-state index contributed by atoms with van der Waals surface area (Å²) in [6, 6.07) is -0.141. The van der Waals surface area contributed by atoms with Gasteiger partial charge in [0.1, 0.15) is 0 Å². The van der Waals surface area contributed by atoms with Crippen molar-refractivity contribution in [2.45, 2.75) is 58.7 Å². The molecule has 1 aliphatic rings. The Hall–Kier alpha value is -0.250. The molecule has 0 saturated heterocycles. The third kappa shape index (κ3) is 3.37. The average molecular weight is 237 g/mol. The summed E-state index contributed by atoms with van der Waals surface area (Å²) in [4.78, 5) is 0. The van der Waals surface area contributed by atoms with E-state index in [1.54, 1.807) is 0 Å². The molecule has 3 unspecified atom stereocenters. The molecule has 1 aliphatic carbocycles. The Balaban J connectivity index is 2.64. The molecule has 0 aromatic carbocycles. The predicted molar refractivity (Wildman–Crippen MR) is 58.9 cm³/mol. The molecule has 1 nitrogen and oxygen atoms in total. The van der Waals surface area contributed by atoms with Gasteiger partial charge in [-0.15, -0.1) is 0 Å². The number of hydrogen-bond acceptors (Lipinski definition) is 1. The minimum absolute atomic E-state index is 0.0142. The van der Waals surface area contributed by atoms with Crippen molar-refractivity contribution in [3.63, 3.8) is 0 Å². The number of nitrogens with two attached hydrogens (primary N) is 1. The van der Waals surface area contributed by atoms with Crippen molar-refractivity contribution in [1.82, 2.24) is 0 Å². The summed E-state index contributed by atoms with van der Waals surface area (Å²) in [5, 5.41) is 0. The van der Waals surface area contributed by atoms with E-state index in [1.165, 1.54) is 0 Å². The summed E-state index contributed by atoms with van der Waals surface area (Å²) in [6.45, 7) is 5.98. The van der Waals surface area contributed by atoms with Crippen LogP contribution in [0, 0.1) is 17.3 Å². The van der Waals surface area contributed by atoms with Crippen molar-refractivity contribution in [1.29, 1.82) is 0 Å². The van der Waals surface area contributed by atoms with Crippen LogP contribution in [-0.2, 0) is 0 Å². The maximum atomic E-state index is 12.6. The lowest BCUT2D eigenvalue weighted by atomic mass is 9.70. The van der Waals surface area contributed by atoms with Gasteiger partial charge in [-0.05, 0) is 30.6 Å².